The third kappa shape index (κ3) is 19.8. The van der Waals surface area contributed by atoms with Crippen LogP contribution >= 0.6 is 0 Å². The molecule has 0 bridgehead atoms. The Morgan fingerprint density at radius 3 is 1.27 bits per heavy atom. The minimum atomic E-state index is -0.123. The molecule has 0 aromatic carbocycles. The summed E-state index contributed by atoms with van der Waals surface area (Å²) in [6.45, 7) is 4.55. The molecule has 0 aliphatic heterocycles. The highest BCUT2D eigenvalue weighted by atomic mass is 16.1. The number of amides is 1. The lowest BCUT2D eigenvalue weighted by molar-refractivity contribution is -0.118. The van der Waals surface area contributed by atoms with Crippen molar-refractivity contribution in [2.75, 3.05) is 0 Å². The van der Waals surface area contributed by atoms with Crippen LogP contribution in [0, 0.1) is 5.92 Å². The zero-order valence-electron chi connectivity index (χ0n) is 18.2. The van der Waals surface area contributed by atoms with Crippen LogP contribution in [0.25, 0.3) is 0 Å². The van der Waals surface area contributed by atoms with Crippen LogP contribution in [0.5, 0.6) is 0 Å². The van der Waals surface area contributed by atoms with Gasteiger partial charge in [-0.15, -0.1) is 0 Å². The molecule has 2 heteroatoms. The largest absolute Gasteiger partial charge is 0.370 e. The van der Waals surface area contributed by atoms with Gasteiger partial charge in [-0.3, -0.25) is 4.79 Å². The highest BCUT2D eigenvalue weighted by molar-refractivity contribution is 5.73. The number of nitrogens with two attached hydrogens (primary N) is 1. The summed E-state index contributed by atoms with van der Waals surface area (Å²) in [4.78, 5) is 11.1. The van der Waals surface area contributed by atoms with Crippen LogP contribution in [-0.4, -0.2) is 5.91 Å². The molecule has 0 fully saturated rings. The predicted molar refractivity (Wildman–Crippen MR) is 116 cm³/mol. The van der Waals surface area contributed by atoms with E-state index in [2.05, 4.69) is 13.8 Å². The van der Waals surface area contributed by atoms with Gasteiger partial charge in [0, 0.05) is 6.42 Å². The summed E-state index contributed by atoms with van der Waals surface area (Å²) in [5, 5.41) is 0. The zero-order chi connectivity index (χ0) is 19.3. The summed E-state index contributed by atoms with van der Waals surface area (Å²) >= 11 is 0. The second-order valence-electron chi connectivity index (χ2n) is 8.40. The number of hydrogen-bond donors (Lipinski definition) is 1. The summed E-state index contributed by atoms with van der Waals surface area (Å²) in [6.07, 6.45) is 26.3. The minimum Gasteiger partial charge on any atom is -0.370 e. The Labute approximate surface area is 165 Å². The van der Waals surface area contributed by atoms with E-state index in [1.54, 1.807) is 0 Å². The van der Waals surface area contributed by atoms with Gasteiger partial charge in [0.2, 0.25) is 5.91 Å². The first-order valence-electron chi connectivity index (χ1n) is 12.0. The van der Waals surface area contributed by atoms with Crippen LogP contribution in [0.4, 0.5) is 0 Å². The van der Waals surface area contributed by atoms with E-state index in [1.807, 2.05) is 0 Å². The molecule has 2 nitrogen and oxygen atoms in total. The second kappa shape index (κ2) is 20.8. The molecule has 0 aromatic rings. The van der Waals surface area contributed by atoms with E-state index in [0.29, 0.717) is 6.42 Å². The number of carbonyl (C=O) groups excluding carboxylic acids is 1. The summed E-state index contributed by atoms with van der Waals surface area (Å²) in [7, 11) is 0. The second-order valence-corrected chi connectivity index (χ2v) is 8.40. The molecule has 0 saturated heterocycles. The van der Waals surface area contributed by atoms with Crippen molar-refractivity contribution in [3.05, 3.63) is 0 Å². The quantitative estimate of drug-likeness (QED) is 0.206. The van der Waals surface area contributed by atoms with Crippen molar-refractivity contribution >= 4 is 5.91 Å². The molecule has 0 saturated carbocycles. The molecule has 0 unspecified atom stereocenters. The third-order valence-electron chi connectivity index (χ3n) is 5.73. The van der Waals surface area contributed by atoms with Crippen molar-refractivity contribution in [2.24, 2.45) is 11.7 Å². The highest BCUT2D eigenvalue weighted by Gasteiger charge is 2.10. The lowest BCUT2D eigenvalue weighted by Crippen LogP contribution is -2.13. The first-order valence-corrected chi connectivity index (χ1v) is 12.0. The van der Waals surface area contributed by atoms with Gasteiger partial charge in [-0.2, -0.15) is 0 Å². The molecule has 0 aromatic heterocycles. The van der Waals surface area contributed by atoms with Gasteiger partial charge >= 0.3 is 0 Å². The molecular weight excluding hydrogens is 318 g/mol. The topological polar surface area (TPSA) is 43.1 Å². The number of hydrogen-bond acceptors (Lipinski definition) is 1. The van der Waals surface area contributed by atoms with Crippen molar-refractivity contribution in [3.63, 3.8) is 0 Å². The Hall–Kier alpha value is -0.530. The van der Waals surface area contributed by atoms with Gasteiger partial charge in [-0.05, 0) is 12.3 Å². The maximum atomic E-state index is 11.1. The average molecular weight is 368 g/mol. The van der Waals surface area contributed by atoms with Crippen LogP contribution in [0.15, 0.2) is 0 Å². The molecule has 0 heterocycles. The van der Waals surface area contributed by atoms with Crippen molar-refractivity contribution in [2.45, 2.75) is 142 Å². The van der Waals surface area contributed by atoms with Crippen molar-refractivity contribution in [1.29, 1.82) is 0 Å². The monoisotopic (exact) mass is 367 g/mol. The number of rotatable bonds is 21. The minimum absolute atomic E-state index is 0.123. The van der Waals surface area contributed by atoms with E-state index in [4.69, 9.17) is 5.73 Å². The fraction of sp³-hybridized carbons (Fsp3) is 0.958. The molecule has 0 aliphatic rings. The van der Waals surface area contributed by atoms with E-state index < -0.39 is 0 Å². The van der Waals surface area contributed by atoms with Gasteiger partial charge in [0.05, 0.1) is 0 Å². The molecule has 0 radical (unpaired) electrons. The van der Waals surface area contributed by atoms with Crippen LogP contribution in [-0.2, 0) is 4.79 Å². The molecule has 156 valence electrons. The van der Waals surface area contributed by atoms with E-state index >= 15 is 0 Å². The van der Waals surface area contributed by atoms with E-state index in [0.717, 1.165) is 12.3 Å². The Balaban J connectivity index is 3.68. The fourth-order valence-corrected chi connectivity index (χ4v) is 3.91. The Morgan fingerprint density at radius 2 is 0.923 bits per heavy atom. The van der Waals surface area contributed by atoms with Gasteiger partial charge in [0.1, 0.15) is 0 Å². The van der Waals surface area contributed by atoms with Crippen LogP contribution in [0.2, 0.25) is 0 Å². The number of carbonyl (C=O) groups is 1. The van der Waals surface area contributed by atoms with Gasteiger partial charge in [0.15, 0.2) is 0 Å². The normalized spacial score (nSPS) is 11.3. The lowest BCUT2D eigenvalue weighted by atomic mass is 9.90. The van der Waals surface area contributed by atoms with E-state index in [9.17, 15) is 4.79 Å². The molecule has 2 N–H and O–H groups in total. The predicted octanol–water partition coefficient (Wildman–Crippen LogP) is 7.93. The smallest absolute Gasteiger partial charge is 0.217 e. The first kappa shape index (κ1) is 25.5. The maximum Gasteiger partial charge on any atom is 0.217 e. The van der Waals surface area contributed by atoms with Gasteiger partial charge in [-0.1, -0.05) is 129 Å². The summed E-state index contributed by atoms with van der Waals surface area (Å²) in [5.41, 5.74) is 5.37. The number of primary amides is 1. The van der Waals surface area contributed by atoms with Crippen molar-refractivity contribution < 1.29 is 4.79 Å². The van der Waals surface area contributed by atoms with E-state index in [1.165, 1.54) is 116 Å². The average Bonchev–Trinajstić information content (AvgIpc) is 2.63. The summed E-state index contributed by atoms with van der Waals surface area (Å²) in [5.74, 6) is 0.601. The van der Waals surface area contributed by atoms with Crippen LogP contribution in [0.1, 0.15) is 142 Å². The van der Waals surface area contributed by atoms with Crippen LogP contribution < -0.4 is 5.73 Å². The molecule has 26 heavy (non-hydrogen) atoms. The zero-order valence-corrected chi connectivity index (χ0v) is 18.2. The van der Waals surface area contributed by atoms with Crippen molar-refractivity contribution in [3.8, 4) is 0 Å². The lowest BCUT2D eigenvalue weighted by Gasteiger charge is -2.16. The van der Waals surface area contributed by atoms with Gasteiger partial charge < -0.3 is 5.73 Å². The van der Waals surface area contributed by atoms with Gasteiger partial charge in [0.25, 0.3) is 0 Å². The maximum absolute atomic E-state index is 11.1. The Morgan fingerprint density at radius 1 is 0.577 bits per heavy atom. The first-order chi connectivity index (χ1) is 12.7. The van der Waals surface area contributed by atoms with Gasteiger partial charge in [-0.25, -0.2) is 0 Å². The SMILES string of the molecule is CCCCCCCCCCC(CCCCCCCCCC)CCC(N)=O. The Bertz CT molecular complexity index is 270. The molecule has 0 spiro atoms. The standard InChI is InChI=1S/C24H49NO/c1-3-5-7-9-11-13-15-17-19-23(21-22-24(25)26)20-18-16-14-12-10-8-6-4-2/h23H,3-22H2,1-2H3,(H2,25,26). The van der Waals surface area contributed by atoms with Crippen LogP contribution in [0.3, 0.4) is 0 Å². The van der Waals surface area contributed by atoms with Crippen molar-refractivity contribution in [1.82, 2.24) is 0 Å². The summed E-state index contributed by atoms with van der Waals surface area (Å²) < 4.78 is 0. The Kier molecular flexibility index (Phi) is 20.4. The summed E-state index contributed by atoms with van der Waals surface area (Å²) in [6, 6.07) is 0. The molecule has 1 amide bonds. The third-order valence-corrected chi connectivity index (χ3v) is 5.73. The fourth-order valence-electron chi connectivity index (χ4n) is 3.91. The highest BCUT2D eigenvalue weighted by Crippen LogP contribution is 2.23. The molecular formula is C24H49NO. The molecule has 0 atom stereocenters. The molecule has 0 aliphatic carbocycles. The number of unbranched alkanes of at least 4 members (excludes halogenated alkanes) is 14. The molecule has 0 rings (SSSR count). The van der Waals surface area contributed by atoms with E-state index in [-0.39, 0.29) is 5.91 Å².